The highest BCUT2D eigenvalue weighted by Gasteiger charge is 2.25. The number of rotatable bonds is 11. The van der Waals surface area contributed by atoms with Crippen LogP contribution in [0.5, 0.6) is 0 Å². The van der Waals surface area contributed by atoms with E-state index in [1.54, 1.807) is 42.5 Å². The second-order valence-corrected chi connectivity index (χ2v) is 12.5. The lowest BCUT2D eigenvalue weighted by atomic mass is 10.1. The Balaban J connectivity index is 1.59. The Morgan fingerprint density at radius 3 is 2.12 bits per heavy atom. The molecule has 0 unspecified atom stereocenters. The minimum Gasteiger partial charge on any atom is -0.330 e. The van der Waals surface area contributed by atoms with Crippen LogP contribution in [0.4, 0.5) is 14.5 Å². The molecule has 0 aliphatic rings. The highest BCUT2D eigenvalue weighted by atomic mass is 32.1. The molecule has 0 atom stereocenters. The van der Waals surface area contributed by atoms with Crippen LogP contribution < -0.4 is 22.3 Å². The van der Waals surface area contributed by atoms with Gasteiger partial charge in [0.25, 0.3) is 5.56 Å². The van der Waals surface area contributed by atoms with Crippen LogP contribution in [0.1, 0.15) is 23.1 Å². The first kappa shape index (κ1) is 32.7. The third kappa shape index (κ3) is 6.75. The predicted molar refractivity (Wildman–Crippen MR) is 186 cm³/mol. The second kappa shape index (κ2) is 14.3. The number of nitrogens with two attached hydrogens (primary N) is 1. The van der Waals surface area contributed by atoms with Crippen molar-refractivity contribution in [2.45, 2.75) is 26.1 Å². The molecule has 0 radical (unpaired) electrons. The molecule has 0 aliphatic carbocycles. The summed E-state index contributed by atoms with van der Waals surface area (Å²) in [6.07, 6.45) is 0.184. The quantitative estimate of drug-likeness (QED) is 0.174. The number of nitrogens with one attached hydrogen (secondary N) is 1. The molecule has 4 aromatic carbocycles. The van der Waals surface area contributed by atoms with Gasteiger partial charge in [-0.1, -0.05) is 66.7 Å². The molecule has 0 saturated heterocycles. The summed E-state index contributed by atoms with van der Waals surface area (Å²) in [5.74, 6) is -1.79. The number of amides is 1. The predicted octanol–water partition coefficient (Wildman–Crippen LogP) is 6.13. The molecular formula is C37H33F2N5O3S. The van der Waals surface area contributed by atoms with Gasteiger partial charge in [-0.25, -0.2) is 18.1 Å². The maximum atomic E-state index is 15.0. The molecule has 244 valence electrons. The van der Waals surface area contributed by atoms with Gasteiger partial charge in [0, 0.05) is 42.2 Å². The number of fused-ring (bicyclic) bond motifs is 1. The second-order valence-electron chi connectivity index (χ2n) is 11.5. The van der Waals surface area contributed by atoms with E-state index in [0.29, 0.717) is 34.9 Å². The van der Waals surface area contributed by atoms with Crippen LogP contribution >= 0.6 is 11.3 Å². The molecule has 0 bridgehead atoms. The summed E-state index contributed by atoms with van der Waals surface area (Å²) in [5, 5.41) is 3.11. The molecule has 6 aromatic rings. The molecule has 48 heavy (non-hydrogen) atoms. The smallest absolute Gasteiger partial charge is 0.330 e. The SMILES string of the molecule is CN(Cc1ccccc1)Cc1c(-c2ccc(NC(=O)CCN)cc2)sc2c1c(=O)n(-c1ccccc1)c(=O)n2Cc1c(F)cccc1F. The number of hydrogen-bond acceptors (Lipinski definition) is 6. The molecule has 0 spiro atoms. The van der Waals surface area contributed by atoms with Crippen LogP contribution in [0.2, 0.25) is 0 Å². The summed E-state index contributed by atoms with van der Waals surface area (Å²) in [7, 11) is 1.94. The molecule has 0 aliphatic heterocycles. The number of thiophene rings is 1. The maximum absolute atomic E-state index is 15.0. The zero-order chi connectivity index (χ0) is 33.8. The lowest BCUT2D eigenvalue weighted by Gasteiger charge is -2.18. The van der Waals surface area contributed by atoms with Crippen LogP contribution in [0.15, 0.2) is 113 Å². The highest BCUT2D eigenvalue weighted by molar-refractivity contribution is 7.22. The number of benzene rings is 4. The molecule has 6 rings (SSSR count). The average Bonchev–Trinajstić information content (AvgIpc) is 3.44. The Morgan fingerprint density at radius 1 is 0.833 bits per heavy atom. The van der Waals surface area contributed by atoms with Crippen LogP contribution in [-0.2, 0) is 24.4 Å². The molecule has 8 nitrogen and oxygen atoms in total. The van der Waals surface area contributed by atoms with Crippen LogP contribution in [-0.4, -0.2) is 33.5 Å². The van der Waals surface area contributed by atoms with Gasteiger partial charge in [-0.15, -0.1) is 11.3 Å². The third-order valence-electron chi connectivity index (χ3n) is 7.99. The number of carbonyl (C=O) groups is 1. The largest absolute Gasteiger partial charge is 0.337 e. The van der Waals surface area contributed by atoms with E-state index in [1.165, 1.54) is 22.0 Å². The lowest BCUT2D eigenvalue weighted by molar-refractivity contribution is -0.116. The van der Waals surface area contributed by atoms with Gasteiger partial charge >= 0.3 is 5.69 Å². The van der Waals surface area contributed by atoms with E-state index in [9.17, 15) is 14.4 Å². The average molecular weight is 666 g/mol. The summed E-state index contributed by atoms with van der Waals surface area (Å²) < 4.78 is 32.4. The molecule has 1 amide bonds. The van der Waals surface area contributed by atoms with Crippen molar-refractivity contribution in [1.82, 2.24) is 14.0 Å². The lowest BCUT2D eigenvalue weighted by Crippen LogP contribution is -2.39. The number of nitrogens with zero attached hydrogens (tertiary/aromatic N) is 3. The van der Waals surface area contributed by atoms with Gasteiger partial charge in [0.2, 0.25) is 5.91 Å². The number of para-hydroxylation sites is 1. The number of anilines is 1. The van der Waals surface area contributed by atoms with E-state index in [1.807, 2.05) is 49.5 Å². The first-order chi connectivity index (χ1) is 23.2. The van der Waals surface area contributed by atoms with E-state index < -0.39 is 29.4 Å². The Kier molecular flexibility index (Phi) is 9.72. The van der Waals surface area contributed by atoms with Crippen molar-refractivity contribution in [2.24, 2.45) is 5.73 Å². The molecule has 0 saturated carbocycles. The first-order valence-electron chi connectivity index (χ1n) is 15.4. The fourth-order valence-electron chi connectivity index (χ4n) is 5.72. The first-order valence-corrected chi connectivity index (χ1v) is 16.2. The van der Waals surface area contributed by atoms with Gasteiger partial charge in [0.15, 0.2) is 0 Å². The molecule has 0 fully saturated rings. The monoisotopic (exact) mass is 665 g/mol. The summed E-state index contributed by atoms with van der Waals surface area (Å²) >= 11 is 1.22. The summed E-state index contributed by atoms with van der Waals surface area (Å²) in [6.45, 7) is 0.711. The standard InChI is InChI=1S/C37H33F2N5O3S/c1-42(21-24-9-4-2-5-10-24)22-29-33-35(46)44(27-11-6-3-7-12-27)37(47)43(23-28-30(38)13-8-14-31(28)39)36(33)48-34(29)25-15-17-26(18-16-25)41-32(45)19-20-40/h2-18H,19-23,40H2,1H3,(H,41,45). The van der Waals surface area contributed by atoms with Crippen LogP contribution in [0.25, 0.3) is 26.3 Å². The Morgan fingerprint density at radius 2 is 1.48 bits per heavy atom. The van der Waals surface area contributed by atoms with Crippen molar-refractivity contribution in [3.05, 3.63) is 152 Å². The number of aromatic nitrogens is 2. The minimum atomic E-state index is -0.792. The normalized spacial score (nSPS) is 11.4. The zero-order valence-corrected chi connectivity index (χ0v) is 27.0. The van der Waals surface area contributed by atoms with Gasteiger partial charge < -0.3 is 11.1 Å². The van der Waals surface area contributed by atoms with Crippen molar-refractivity contribution in [2.75, 3.05) is 18.9 Å². The topological polar surface area (TPSA) is 102 Å². The molecule has 3 N–H and O–H groups in total. The van der Waals surface area contributed by atoms with Gasteiger partial charge in [-0.3, -0.25) is 19.1 Å². The zero-order valence-electron chi connectivity index (χ0n) is 26.2. The molecule has 2 aromatic heterocycles. The fourth-order valence-corrected chi connectivity index (χ4v) is 7.02. The van der Waals surface area contributed by atoms with Crippen LogP contribution in [0.3, 0.4) is 0 Å². The number of carbonyl (C=O) groups excluding carboxylic acids is 1. The molecule has 11 heteroatoms. The van der Waals surface area contributed by atoms with Gasteiger partial charge in [-0.2, -0.15) is 0 Å². The van der Waals surface area contributed by atoms with Gasteiger partial charge in [0.1, 0.15) is 16.5 Å². The van der Waals surface area contributed by atoms with E-state index in [4.69, 9.17) is 5.73 Å². The third-order valence-corrected chi connectivity index (χ3v) is 9.29. The maximum Gasteiger partial charge on any atom is 0.337 e. The van der Waals surface area contributed by atoms with Gasteiger partial charge in [0.05, 0.1) is 17.6 Å². The van der Waals surface area contributed by atoms with E-state index in [0.717, 1.165) is 32.7 Å². The van der Waals surface area contributed by atoms with Crippen molar-refractivity contribution in [1.29, 1.82) is 0 Å². The van der Waals surface area contributed by atoms with Crippen molar-refractivity contribution in [3.8, 4) is 16.1 Å². The summed E-state index contributed by atoms with van der Waals surface area (Å²) in [4.78, 5) is 43.9. The Bertz CT molecular complexity index is 2180. The van der Waals surface area contributed by atoms with E-state index in [-0.39, 0.29) is 29.8 Å². The molecular weight excluding hydrogens is 633 g/mol. The number of hydrogen-bond donors (Lipinski definition) is 2. The Hall–Kier alpha value is -5.23. The highest BCUT2D eigenvalue weighted by Crippen LogP contribution is 2.38. The number of halogens is 2. The van der Waals surface area contributed by atoms with Crippen molar-refractivity contribution >= 4 is 33.1 Å². The van der Waals surface area contributed by atoms with E-state index in [2.05, 4.69) is 10.2 Å². The summed E-state index contributed by atoms with van der Waals surface area (Å²) in [5.41, 5.74) is 7.41. The van der Waals surface area contributed by atoms with Crippen molar-refractivity contribution < 1.29 is 13.6 Å². The summed E-state index contributed by atoms with van der Waals surface area (Å²) in [6, 6.07) is 29.1. The minimum absolute atomic E-state index is 0.184. The fraction of sp³-hybridized carbons (Fsp3) is 0.162. The molecule has 2 heterocycles. The Labute approximate surface area is 279 Å². The van der Waals surface area contributed by atoms with E-state index >= 15 is 8.78 Å². The van der Waals surface area contributed by atoms with Crippen molar-refractivity contribution in [3.63, 3.8) is 0 Å². The van der Waals surface area contributed by atoms with Gasteiger partial charge in [-0.05, 0) is 60.1 Å². The van der Waals surface area contributed by atoms with Crippen LogP contribution in [0, 0.1) is 11.6 Å².